The highest BCUT2D eigenvalue weighted by Crippen LogP contribution is 2.19. The molecule has 2 N–H and O–H groups in total. The number of nitrogens with zero attached hydrogens (tertiary/aromatic N) is 4. The van der Waals surface area contributed by atoms with Crippen molar-refractivity contribution in [3.05, 3.63) is 72.1 Å². The number of benzene rings is 2. The van der Waals surface area contributed by atoms with Gasteiger partial charge in [0.1, 0.15) is 0 Å². The molecule has 0 aliphatic heterocycles. The van der Waals surface area contributed by atoms with Crippen LogP contribution in [0.4, 0.5) is 0 Å². The molecule has 0 aliphatic rings. The summed E-state index contributed by atoms with van der Waals surface area (Å²) in [5, 5.41) is 25.2. The third-order valence-electron chi connectivity index (χ3n) is 4.25. The molecule has 4 aromatic rings. The minimum absolute atomic E-state index is 0.931. The lowest BCUT2D eigenvalue weighted by Crippen LogP contribution is -1.81. The van der Waals surface area contributed by atoms with E-state index in [9.17, 15) is 0 Å². The molecule has 0 aliphatic carbocycles. The number of para-hydroxylation sites is 2. The second-order valence-corrected chi connectivity index (χ2v) is 5.91. The van der Waals surface area contributed by atoms with Crippen molar-refractivity contribution in [3.8, 4) is 0 Å². The second-order valence-electron chi connectivity index (χ2n) is 5.91. The Kier molecular flexibility index (Phi) is 5.03. The Morgan fingerprint density at radius 1 is 0.692 bits per heavy atom. The first-order chi connectivity index (χ1) is 12.7. The van der Waals surface area contributed by atoms with Crippen LogP contribution in [-0.4, -0.2) is 32.0 Å². The smallest absolute Gasteiger partial charge is 0.0755 e. The Labute approximate surface area is 150 Å². The van der Waals surface area contributed by atoms with Crippen LogP contribution in [0.5, 0.6) is 0 Å². The van der Waals surface area contributed by atoms with Gasteiger partial charge < -0.3 is 19.5 Å². The van der Waals surface area contributed by atoms with Gasteiger partial charge in [-0.3, -0.25) is 0 Å². The largest absolute Gasteiger partial charge is 0.411 e. The van der Waals surface area contributed by atoms with E-state index in [1.54, 1.807) is 0 Å². The summed E-state index contributed by atoms with van der Waals surface area (Å²) in [5.41, 5.74) is 4.14. The van der Waals surface area contributed by atoms with Gasteiger partial charge in [-0.2, -0.15) is 0 Å². The molecule has 26 heavy (non-hydrogen) atoms. The fourth-order valence-corrected chi connectivity index (χ4v) is 3.08. The van der Waals surface area contributed by atoms with E-state index in [-0.39, 0.29) is 0 Å². The molecule has 0 fully saturated rings. The van der Waals surface area contributed by atoms with Crippen molar-refractivity contribution < 1.29 is 10.4 Å². The predicted octanol–water partition coefficient (Wildman–Crippen LogP) is 3.97. The molecule has 0 bridgehead atoms. The van der Waals surface area contributed by atoms with Crippen molar-refractivity contribution in [2.45, 2.75) is 0 Å². The van der Waals surface area contributed by atoms with Crippen LogP contribution in [0.25, 0.3) is 21.8 Å². The van der Waals surface area contributed by atoms with Crippen LogP contribution < -0.4 is 0 Å². The number of rotatable bonds is 2. The minimum atomic E-state index is 0.931. The van der Waals surface area contributed by atoms with Gasteiger partial charge in [0.15, 0.2) is 0 Å². The molecular weight excluding hydrogens is 328 g/mol. The standard InChI is InChI=1S/2C10H10N2O/c2*1-12-7-8(6-11-13)9-4-2-3-5-10(9)12/h2*2-7,13H,1H3/b2*11-6-. The van der Waals surface area contributed by atoms with E-state index in [1.165, 1.54) is 12.4 Å². The summed E-state index contributed by atoms with van der Waals surface area (Å²) in [4.78, 5) is 0. The molecule has 0 spiro atoms. The Morgan fingerprint density at radius 3 is 1.46 bits per heavy atom. The Bertz CT molecular complexity index is 1000. The summed E-state index contributed by atoms with van der Waals surface area (Å²) in [7, 11) is 3.94. The van der Waals surface area contributed by atoms with Crippen molar-refractivity contribution in [1.82, 2.24) is 9.13 Å². The molecule has 6 nitrogen and oxygen atoms in total. The maximum Gasteiger partial charge on any atom is 0.0755 e. The van der Waals surface area contributed by atoms with E-state index in [0.717, 1.165) is 32.9 Å². The lowest BCUT2D eigenvalue weighted by Gasteiger charge is -1.92. The average molecular weight is 348 g/mol. The maximum atomic E-state index is 8.45. The van der Waals surface area contributed by atoms with Gasteiger partial charge in [0.25, 0.3) is 0 Å². The van der Waals surface area contributed by atoms with E-state index < -0.39 is 0 Å². The monoisotopic (exact) mass is 348 g/mol. The number of aryl methyl sites for hydroxylation is 2. The molecule has 4 rings (SSSR count). The summed E-state index contributed by atoms with van der Waals surface area (Å²) in [6.07, 6.45) is 6.76. The van der Waals surface area contributed by atoms with Crippen LogP contribution in [0.3, 0.4) is 0 Å². The van der Waals surface area contributed by atoms with Crippen LogP contribution in [-0.2, 0) is 14.1 Å². The molecule has 2 heterocycles. The molecule has 0 saturated carbocycles. The van der Waals surface area contributed by atoms with Crippen LogP contribution in [0.2, 0.25) is 0 Å². The average Bonchev–Trinajstić information content (AvgIpc) is 3.15. The molecule has 0 amide bonds. The highest BCUT2D eigenvalue weighted by Gasteiger charge is 2.03. The highest BCUT2D eigenvalue weighted by molar-refractivity contribution is 5.99. The van der Waals surface area contributed by atoms with E-state index in [4.69, 9.17) is 10.4 Å². The van der Waals surface area contributed by atoms with E-state index in [2.05, 4.69) is 10.3 Å². The molecule has 2 aromatic carbocycles. The third-order valence-corrected chi connectivity index (χ3v) is 4.25. The number of hydrogen-bond acceptors (Lipinski definition) is 4. The minimum Gasteiger partial charge on any atom is -0.411 e. The number of aromatic nitrogens is 2. The molecular formula is C20H20N4O2. The van der Waals surface area contributed by atoms with Crippen molar-refractivity contribution in [2.75, 3.05) is 0 Å². The quantitative estimate of drug-likeness (QED) is 0.327. The summed E-state index contributed by atoms with van der Waals surface area (Å²) >= 11 is 0. The Morgan fingerprint density at radius 2 is 1.08 bits per heavy atom. The topological polar surface area (TPSA) is 75.0 Å². The third kappa shape index (κ3) is 3.30. The van der Waals surface area contributed by atoms with Gasteiger partial charge in [0, 0.05) is 59.4 Å². The predicted molar refractivity (Wildman–Crippen MR) is 105 cm³/mol. The van der Waals surface area contributed by atoms with E-state index in [0.29, 0.717) is 0 Å². The lowest BCUT2D eigenvalue weighted by atomic mass is 10.2. The van der Waals surface area contributed by atoms with Crippen molar-refractivity contribution in [3.63, 3.8) is 0 Å². The van der Waals surface area contributed by atoms with Crippen LogP contribution in [0.1, 0.15) is 11.1 Å². The van der Waals surface area contributed by atoms with Gasteiger partial charge in [-0.15, -0.1) is 0 Å². The van der Waals surface area contributed by atoms with E-state index in [1.807, 2.05) is 84.2 Å². The molecule has 0 atom stereocenters. The molecule has 6 heteroatoms. The summed E-state index contributed by atoms with van der Waals surface area (Å²) in [6, 6.07) is 16.0. The fraction of sp³-hybridized carbons (Fsp3) is 0.100. The first-order valence-corrected chi connectivity index (χ1v) is 8.08. The van der Waals surface area contributed by atoms with Crippen LogP contribution in [0.15, 0.2) is 71.2 Å². The maximum absolute atomic E-state index is 8.45. The zero-order valence-corrected chi connectivity index (χ0v) is 14.6. The Balaban J connectivity index is 0.000000151. The molecule has 2 aromatic heterocycles. The van der Waals surface area contributed by atoms with Crippen LogP contribution >= 0.6 is 0 Å². The van der Waals surface area contributed by atoms with Crippen molar-refractivity contribution in [1.29, 1.82) is 0 Å². The van der Waals surface area contributed by atoms with Gasteiger partial charge >= 0.3 is 0 Å². The molecule has 132 valence electrons. The zero-order chi connectivity index (χ0) is 18.5. The molecule has 0 saturated heterocycles. The van der Waals surface area contributed by atoms with Crippen molar-refractivity contribution >= 4 is 34.2 Å². The summed E-state index contributed by atoms with van der Waals surface area (Å²) in [6.45, 7) is 0. The van der Waals surface area contributed by atoms with Gasteiger partial charge in [-0.1, -0.05) is 46.7 Å². The van der Waals surface area contributed by atoms with Gasteiger partial charge in [0.05, 0.1) is 12.4 Å². The van der Waals surface area contributed by atoms with Gasteiger partial charge in [-0.25, -0.2) is 0 Å². The summed E-state index contributed by atoms with van der Waals surface area (Å²) in [5.74, 6) is 0. The van der Waals surface area contributed by atoms with Gasteiger partial charge in [-0.05, 0) is 12.1 Å². The van der Waals surface area contributed by atoms with Gasteiger partial charge in [0.2, 0.25) is 0 Å². The highest BCUT2D eigenvalue weighted by atomic mass is 16.4. The van der Waals surface area contributed by atoms with Crippen LogP contribution in [0, 0.1) is 0 Å². The fourth-order valence-electron chi connectivity index (χ4n) is 3.08. The summed E-state index contributed by atoms with van der Waals surface area (Å²) < 4.78 is 4.01. The first kappa shape index (κ1) is 17.3. The molecule has 0 unspecified atom stereocenters. The number of fused-ring (bicyclic) bond motifs is 2. The van der Waals surface area contributed by atoms with E-state index >= 15 is 0 Å². The molecule has 0 radical (unpaired) electrons. The second kappa shape index (κ2) is 7.57. The SMILES string of the molecule is Cn1cc(/C=N\O)c2ccccc21.Cn1cc(/C=N\O)c2ccccc21. The first-order valence-electron chi connectivity index (χ1n) is 8.08. The number of hydrogen-bond donors (Lipinski definition) is 2. The normalized spacial score (nSPS) is 11.5. The zero-order valence-electron chi connectivity index (χ0n) is 14.6. The number of oxime groups is 2. The van der Waals surface area contributed by atoms with Crippen molar-refractivity contribution in [2.24, 2.45) is 24.4 Å². The lowest BCUT2D eigenvalue weighted by molar-refractivity contribution is 0.321. The Hall–Kier alpha value is -3.54.